The van der Waals surface area contributed by atoms with Crippen molar-refractivity contribution in [3.8, 4) is 23.1 Å². The van der Waals surface area contributed by atoms with Gasteiger partial charge in [-0.25, -0.2) is 4.98 Å². The second-order valence-electron chi connectivity index (χ2n) is 6.93. The highest BCUT2D eigenvalue weighted by Gasteiger charge is 2.10. The third-order valence-electron chi connectivity index (χ3n) is 4.76. The van der Waals surface area contributed by atoms with Crippen LogP contribution in [0.5, 0.6) is 11.5 Å². The quantitative estimate of drug-likeness (QED) is 0.225. The van der Waals surface area contributed by atoms with Gasteiger partial charge in [-0.1, -0.05) is 6.07 Å². The number of hydrogen-bond acceptors (Lipinski definition) is 6. The third kappa shape index (κ3) is 6.87. The van der Waals surface area contributed by atoms with E-state index in [1.165, 1.54) is 5.56 Å². The molecule has 9 nitrogen and oxygen atoms in total. The molecule has 1 aromatic carbocycles. The van der Waals surface area contributed by atoms with Crippen molar-refractivity contribution in [1.82, 2.24) is 25.4 Å². The molecule has 2 heterocycles. The number of hydrogen-bond donors (Lipinski definition) is 2. The Morgan fingerprint density at radius 2 is 2.00 bits per heavy atom. The van der Waals surface area contributed by atoms with Gasteiger partial charge >= 0.3 is 0 Å². The van der Waals surface area contributed by atoms with Gasteiger partial charge in [0.1, 0.15) is 5.82 Å². The minimum atomic E-state index is 0. The first-order valence-corrected chi connectivity index (χ1v) is 10.3. The summed E-state index contributed by atoms with van der Waals surface area (Å²) in [6.07, 6.45) is 3.12. The molecule has 0 fully saturated rings. The summed E-state index contributed by atoms with van der Waals surface area (Å²) in [5.74, 6) is 4.31. The number of methoxy groups -OCH3 is 2. The van der Waals surface area contributed by atoms with Crippen molar-refractivity contribution in [3.63, 3.8) is 0 Å². The Morgan fingerprint density at radius 3 is 2.69 bits per heavy atom. The van der Waals surface area contributed by atoms with Gasteiger partial charge in [0.15, 0.2) is 23.2 Å². The molecule has 2 aromatic heterocycles. The van der Waals surface area contributed by atoms with E-state index in [0.717, 1.165) is 42.8 Å². The predicted molar refractivity (Wildman–Crippen MR) is 135 cm³/mol. The van der Waals surface area contributed by atoms with Crippen LogP contribution in [0, 0.1) is 0 Å². The second kappa shape index (κ2) is 12.9. The summed E-state index contributed by atoms with van der Waals surface area (Å²) in [6, 6.07) is 9.65. The van der Waals surface area contributed by atoms with Gasteiger partial charge in [0.05, 0.1) is 20.5 Å². The maximum Gasteiger partial charge on any atom is 0.216 e. The van der Waals surface area contributed by atoms with Gasteiger partial charge in [0.25, 0.3) is 0 Å². The van der Waals surface area contributed by atoms with Crippen LogP contribution in [-0.2, 0) is 12.8 Å². The van der Waals surface area contributed by atoms with Crippen LogP contribution in [0.3, 0.4) is 0 Å². The molecule has 0 spiro atoms. The summed E-state index contributed by atoms with van der Waals surface area (Å²) in [4.78, 5) is 11.3. The number of nitrogens with one attached hydrogen (secondary N) is 2. The van der Waals surface area contributed by atoms with E-state index in [4.69, 9.17) is 18.9 Å². The first-order valence-electron chi connectivity index (χ1n) is 10.3. The lowest BCUT2D eigenvalue weighted by Crippen LogP contribution is -2.40. The summed E-state index contributed by atoms with van der Waals surface area (Å²) in [7, 11) is 5.32. The molecule has 0 saturated heterocycles. The van der Waals surface area contributed by atoms with Crippen LogP contribution < -0.4 is 14.8 Å². The summed E-state index contributed by atoms with van der Waals surface area (Å²) in [5, 5.41) is 10.5. The minimum Gasteiger partial charge on any atom is -0.493 e. The van der Waals surface area contributed by atoms with Crippen LogP contribution in [0.15, 0.2) is 46.0 Å². The van der Waals surface area contributed by atoms with Crippen molar-refractivity contribution in [2.75, 3.05) is 40.9 Å². The molecule has 0 atom stereocenters. The smallest absolute Gasteiger partial charge is 0.216 e. The van der Waals surface area contributed by atoms with E-state index >= 15 is 0 Å². The molecule has 0 saturated carbocycles. The number of guanidine groups is 1. The van der Waals surface area contributed by atoms with Gasteiger partial charge in [0.2, 0.25) is 5.82 Å². The fourth-order valence-corrected chi connectivity index (χ4v) is 3.10. The zero-order valence-corrected chi connectivity index (χ0v) is 21.3. The van der Waals surface area contributed by atoms with Crippen molar-refractivity contribution in [2.24, 2.45) is 4.99 Å². The SMILES string of the molecule is CCNC(=NCCc1nc(-c2ccco2)n[nH]1)N(C)CCc1ccc(OC)c(OC)c1.I. The van der Waals surface area contributed by atoms with Gasteiger partial charge in [-0.3, -0.25) is 10.1 Å². The highest BCUT2D eigenvalue weighted by Crippen LogP contribution is 2.27. The highest BCUT2D eigenvalue weighted by molar-refractivity contribution is 14.0. The van der Waals surface area contributed by atoms with E-state index in [1.807, 2.05) is 31.3 Å². The number of aromatic nitrogens is 3. The summed E-state index contributed by atoms with van der Waals surface area (Å²) in [6.45, 7) is 4.26. The molecule has 0 amide bonds. The van der Waals surface area contributed by atoms with Gasteiger partial charge in [-0.15, -0.1) is 24.0 Å². The molecule has 3 rings (SSSR count). The zero-order chi connectivity index (χ0) is 22.1. The van der Waals surface area contributed by atoms with E-state index in [-0.39, 0.29) is 24.0 Å². The standard InChI is InChI=1S/C22H30N6O3.HI/c1-5-23-22(24-12-10-20-25-21(27-26-20)18-7-6-14-31-18)28(2)13-11-16-8-9-17(29-3)19(15-16)30-4;/h6-9,14-15H,5,10-13H2,1-4H3,(H,23,24)(H,25,26,27);1H. The minimum absolute atomic E-state index is 0. The van der Waals surface area contributed by atoms with Crippen molar-refractivity contribution in [2.45, 2.75) is 19.8 Å². The van der Waals surface area contributed by atoms with Crippen LogP contribution >= 0.6 is 24.0 Å². The molecule has 0 aliphatic rings. The molecule has 3 aromatic rings. The average molecular weight is 554 g/mol. The normalized spacial score (nSPS) is 11.1. The van der Waals surface area contributed by atoms with Crippen LogP contribution in [0.1, 0.15) is 18.3 Å². The number of nitrogens with zero attached hydrogens (tertiary/aromatic N) is 4. The number of benzene rings is 1. The Bertz CT molecular complexity index is 974. The Kier molecular flexibility index (Phi) is 10.3. The Labute approximate surface area is 205 Å². The Balaban J connectivity index is 0.00000363. The topological polar surface area (TPSA) is 101 Å². The lowest BCUT2D eigenvalue weighted by atomic mass is 10.1. The number of furan rings is 1. The summed E-state index contributed by atoms with van der Waals surface area (Å²) >= 11 is 0. The number of halogens is 1. The van der Waals surface area contributed by atoms with Crippen LogP contribution in [-0.4, -0.2) is 66.9 Å². The predicted octanol–water partition coefficient (Wildman–Crippen LogP) is 3.38. The molecule has 10 heteroatoms. The van der Waals surface area contributed by atoms with E-state index in [1.54, 1.807) is 20.5 Å². The number of likely N-dealkylation sites (N-methyl/N-ethyl adjacent to an activating group) is 1. The Hall–Kier alpha value is -2.76. The molecule has 174 valence electrons. The number of aromatic amines is 1. The van der Waals surface area contributed by atoms with Crippen molar-refractivity contribution in [1.29, 1.82) is 0 Å². The molecular formula is C22H31IN6O3. The van der Waals surface area contributed by atoms with Crippen LogP contribution in [0.4, 0.5) is 0 Å². The number of ether oxygens (including phenoxy) is 2. The molecular weight excluding hydrogens is 523 g/mol. The van der Waals surface area contributed by atoms with Crippen molar-refractivity contribution < 1.29 is 13.9 Å². The first-order chi connectivity index (χ1) is 15.1. The molecule has 0 aliphatic heterocycles. The molecule has 0 unspecified atom stereocenters. The van der Waals surface area contributed by atoms with Gasteiger partial charge in [-0.05, 0) is 43.2 Å². The zero-order valence-electron chi connectivity index (χ0n) is 18.9. The van der Waals surface area contributed by atoms with Crippen molar-refractivity contribution in [3.05, 3.63) is 48.0 Å². The number of H-pyrrole nitrogens is 1. The molecule has 0 radical (unpaired) electrons. The summed E-state index contributed by atoms with van der Waals surface area (Å²) in [5.41, 5.74) is 1.17. The van der Waals surface area contributed by atoms with E-state index < -0.39 is 0 Å². The van der Waals surface area contributed by atoms with E-state index in [2.05, 4.69) is 38.4 Å². The fraction of sp³-hybridized carbons (Fsp3) is 0.409. The van der Waals surface area contributed by atoms with Gasteiger partial charge < -0.3 is 24.1 Å². The number of rotatable bonds is 10. The third-order valence-corrected chi connectivity index (χ3v) is 4.76. The number of aliphatic imine (C=N–C) groups is 1. The lowest BCUT2D eigenvalue weighted by Gasteiger charge is -2.22. The van der Waals surface area contributed by atoms with Gasteiger partial charge in [0, 0.05) is 33.1 Å². The highest BCUT2D eigenvalue weighted by atomic mass is 127. The monoisotopic (exact) mass is 554 g/mol. The molecule has 0 bridgehead atoms. The van der Waals surface area contributed by atoms with Crippen LogP contribution in [0.2, 0.25) is 0 Å². The Morgan fingerprint density at radius 1 is 1.19 bits per heavy atom. The molecule has 2 N–H and O–H groups in total. The largest absolute Gasteiger partial charge is 0.493 e. The maximum atomic E-state index is 5.40. The van der Waals surface area contributed by atoms with Gasteiger partial charge in [-0.2, -0.15) is 5.10 Å². The van der Waals surface area contributed by atoms with E-state index in [0.29, 0.717) is 24.6 Å². The lowest BCUT2D eigenvalue weighted by molar-refractivity contribution is 0.354. The second-order valence-corrected chi connectivity index (χ2v) is 6.93. The van der Waals surface area contributed by atoms with E-state index in [9.17, 15) is 0 Å². The maximum absolute atomic E-state index is 5.40. The fourth-order valence-electron chi connectivity index (χ4n) is 3.10. The van der Waals surface area contributed by atoms with Crippen LogP contribution in [0.25, 0.3) is 11.6 Å². The first kappa shape index (κ1) is 25.5. The summed E-state index contributed by atoms with van der Waals surface area (Å²) < 4.78 is 16.0. The van der Waals surface area contributed by atoms with Crippen molar-refractivity contribution >= 4 is 29.9 Å². The molecule has 0 aliphatic carbocycles. The molecule has 32 heavy (non-hydrogen) atoms. The average Bonchev–Trinajstić information content (AvgIpc) is 3.48.